The van der Waals surface area contributed by atoms with Gasteiger partial charge in [-0.3, -0.25) is 0 Å². The summed E-state index contributed by atoms with van der Waals surface area (Å²) >= 11 is 0. The highest BCUT2D eigenvalue weighted by molar-refractivity contribution is 6.52. The first-order valence-electron chi connectivity index (χ1n) is 3.52. The van der Waals surface area contributed by atoms with E-state index in [2.05, 4.69) is 0 Å². The highest BCUT2D eigenvalue weighted by Gasteiger charge is 2.02. The fourth-order valence-corrected chi connectivity index (χ4v) is 2.78. The van der Waals surface area contributed by atoms with Crippen LogP contribution in [0, 0.1) is 6.92 Å². The zero-order valence-electron chi connectivity index (χ0n) is 6.79. The molecule has 0 saturated carbocycles. The van der Waals surface area contributed by atoms with Crippen molar-refractivity contribution in [3.05, 3.63) is 23.8 Å². The highest BCUT2D eigenvalue weighted by atomic mass is 28.3. The van der Waals surface area contributed by atoms with Crippen LogP contribution in [0.25, 0.3) is 0 Å². The number of rotatable bonds is 2. The molecule has 0 amide bonds. The SMILES string of the molecule is Cc1cccc(O)c1[SiH2]O[SiH3]. The fraction of sp³-hybridized carbons (Fsp3) is 0.143. The van der Waals surface area contributed by atoms with Crippen molar-refractivity contribution in [2.24, 2.45) is 0 Å². The Hall–Kier alpha value is -0.586. The molecule has 0 atom stereocenters. The Kier molecular flexibility index (Phi) is 2.87. The van der Waals surface area contributed by atoms with Crippen molar-refractivity contribution >= 4 is 25.4 Å². The molecule has 0 aliphatic heterocycles. The number of benzene rings is 1. The molecule has 0 spiro atoms. The lowest BCUT2D eigenvalue weighted by molar-refractivity contribution is 0.478. The minimum absolute atomic E-state index is 0.396. The molecular formula is C7H12O2Si2. The summed E-state index contributed by atoms with van der Waals surface area (Å²) in [6, 6.07) is 5.58. The molecule has 0 bridgehead atoms. The molecule has 2 nitrogen and oxygen atoms in total. The minimum atomic E-state index is -0.647. The summed E-state index contributed by atoms with van der Waals surface area (Å²) in [4.78, 5) is 0. The van der Waals surface area contributed by atoms with Crippen molar-refractivity contribution in [1.29, 1.82) is 0 Å². The molecule has 1 rings (SSSR count). The highest BCUT2D eigenvalue weighted by Crippen LogP contribution is 2.06. The fourth-order valence-electron chi connectivity index (χ4n) is 1.02. The molecule has 0 radical (unpaired) electrons. The lowest BCUT2D eigenvalue weighted by Crippen LogP contribution is -2.19. The van der Waals surface area contributed by atoms with Crippen LogP contribution in [0.1, 0.15) is 5.56 Å². The number of hydrogen-bond acceptors (Lipinski definition) is 2. The summed E-state index contributed by atoms with van der Waals surface area (Å²) in [6.45, 7) is 2.00. The molecule has 0 saturated heterocycles. The van der Waals surface area contributed by atoms with Gasteiger partial charge in [-0.05, 0) is 18.6 Å². The number of phenolic OH excluding ortho intramolecular Hbond substituents is 1. The van der Waals surface area contributed by atoms with Gasteiger partial charge >= 0.3 is 0 Å². The quantitative estimate of drug-likeness (QED) is 0.579. The normalized spacial score (nSPS) is 11.4. The zero-order chi connectivity index (χ0) is 8.27. The maximum absolute atomic E-state index is 9.39. The van der Waals surface area contributed by atoms with Gasteiger partial charge in [-0.25, -0.2) is 0 Å². The van der Waals surface area contributed by atoms with Gasteiger partial charge in [0.25, 0.3) is 0 Å². The van der Waals surface area contributed by atoms with E-state index in [0.29, 0.717) is 5.75 Å². The van der Waals surface area contributed by atoms with Crippen molar-refractivity contribution in [2.45, 2.75) is 6.92 Å². The van der Waals surface area contributed by atoms with Gasteiger partial charge in [0, 0.05) is 5.19 Å². The molecular weight excluding hydrogens is 172 g/mol. The van der Waals surface area contributed by atoms with Crippen LogP contribution in [0.15, 0.2) is 18.2 Å². The topological polar surface area (TPSA) is 29.5 Å². The van der Waals surface area contributed by atoms with Gasteiger partial charge < -0.3 is 9.22 Å². The summed E-state index contributed by atoms with van der Waals surface area (Å²) in [5, 5.41) is 10.4. The van der Waals surface area contributed by atoms with Crippen LogP contribution >= 0.6 is 0 Å². The first kappa shape index (κ1) is 8.51. The largest absolute Gasteiger partial charge is 0.508 e. The maximum atomic E-state index is 9.39. The number of hydrogen-bond donors (Lipinski definition) is 1. The molecule has 4 heteroatoms. The van der Waals surface area contributed by atoms with Crippen LogP contribution < -0.4 is 5.19 Å². The second-order valence-corrected chi connectivity index (χ2v) is 5.81. The maximum Gasteiger partial charge on any atom is 0.182 e. The molecule has 0 unspecified atom stereocenters. The van der Waals surface area contributed by atoms with Gasteiger partial charge in [0.05, 0.1) is 0 Å². The standard InChI is InChI=1S/C7H12O2Si2/c1-5-3-2-4-6(8)7(5)11-9-10/h2-4,8H,11H2,1,10H3. The Balaban J connectivity index is 3.00. The second-order valence-electron chi connectivity index (χ2n) is 2.51. The van der Waals surface area contributed by atoms with Crippen LogP contribution in [0.3, 0.4) is 0 Å². The molecule has 11 heavy (non-hydrogen) atoms. The van der Waals surface area contributed by atoms with Crippen molar-refractivity contribution in [1.82, 2.24) is 0 Å². The van der Waals surface area contributed by atoms with Crippen LogP contribution in [0.4, 0.5) is 0 Å². The number of aryl methyl sites for hydroxylation is 1. The van der Waals surface area contributed by atoms with Gasteiger partial charge in [0.1, 0.15) is 16.2 Å². The van der Waals surface area contributed by atoms with E-state index in [0.717, 1.165) is 21.2 Å². The smallest absolute Gasteiger partial charge is 0.182 e. The van der Waals surface area contributed by atoms with E-state index in [9.17, 15) is 5.11 Å². The average Bonchev–Trinajstić information content (AvgIpc) is 1.97. The van der Waals surface area contributed by atoms with Gasteiger partial charge in [-0.1, -0.05) is 12.1 Å². The first-order valence-corrected chi connectivity index (χ1v) is 5.62. The Labute approximate surface area is 71.7 Å². The minimum Gasteiger partial charge on any atom is -0.508 e. The molecule has 0 fully saturated rings. The van der Waals surface area contributed by atoms with Gasteiger partial charge in [0.2, 0.25) is 0 Å². The van der Waals surface area contributed by atoms with Crippen LogP contribution in [-0.4, -0.2) is 25.4 Å². The molecule has 0 heterocycles. The van der Waals surface area contributed by atoms with Crippen molar-refractivity contribution in [3.8, 4) is 5.75 Å². The third kappa shape index (κ3) is 1.92. The summed E-state index contributed by atoms with van der Waals surface area (Å²) in [5.74, 6) is 0.396. The van der Waals surface area contributed by atoms with Crippen molar-refractivity contribution in [3.63, 3.8) is 0 Å². The lowest BCUT2D eigenvalue weighted by atomic mass is 10.2. The molecule has 0 aromatic heterocycles. The van der Waals surface area contributed by atoms with Gasteiger partial charge in [-0.2, -0.15) is 0 Å². The van der Waals surface area contributed by atoms with Crippen LogP contribution in [0.5, 0.6) is 5.75 Å². The van der Waals surface area contributed by atoms with Crippen LogP contribution in [0.2, 0.25) is 0 Å². The summed E-state index contributed by atoms with van der Waals surface area (Å²) in [5.41, 5.74) is 1.15. The predicted octanol–water partition coefficient (Wildman–Crippen LogP) is -1.29. The van der Waals surface area contributed by atoms with E-state index in [1.807, 2.05) is 19.1 Å². The van der Waals surface area contributed by atoms with E-state index in [1.165, 1.54) is 0 Å². The van der Waals surface area contributed by atoms with E-state index in [-0.39, 0.29) is 0 Å². The monoisotopic (exact) mass is 184 g/mol. The van der Waals surface area contributed by atoms with E-state index in [1.54, 1.807) is 6.07 Å². The summed E-state index contributed by atoms with van der Waals surface area (Å²) in [7, 11) is 0.123. The Morgan fingerprint density at radius 1 is 1.55 bits per heavy atom. The summed E-state index contributed by atoms with van der Waals surface area (Å²) < 4.78 is 5.21. The summed E-state index contributed by atoms with van der Waals surface area (Å²) in [6.07, 6.45) is 0. The molecule has 0 aliphatic carbocycles. The Bertz CT molecular complexity index is 230. The number of aromatic hydroxyl groups is 1. The molecule has 1 aromatic carbocycles. The van der Waals surface area contributed by atoms with E-state index in [4.69, 9.17) is 4.12 Å². The van der Waals surface area contributed by atoms with E-state index < -0.39 is 9.76 Å². The van der Waals surface area contributed by atoms with Crippen LogP contribution in [-0.2, 0) is 4.12 Å². The van der Waals surface area contributed by atoms with E-state index >= 15 is 0 Å². The zero-order valence-corrected chi connectivity index (χ0v) is 10.2. The Morgan fingerprint density at radius 3 is 2.82 bits per heavy atom. The molecule has 1 aromatic rings. The van der Waals surface area contributed by atoms with Crippen molar-refractivity contribution < 1.29 is 9.22 Å². The third-order valence-corrected chi connectivity index (χ3v) is 4.04. The van der Waals surface area contributed by atoms with Gasteiger partial charge in [-0.15, -0.1) is 0 Å². The average molecular weight is 184 g/mol. The first-order chi connectivity index (χ1) is 5.25. The Morgan fingerprint density at radius 2 is 2.27 bits per heavy atom. The second kappa shape index (κ2) is 3.70. The third-order valence-electron chi connectivity index (χ3n) is 1.67. The predicted molar refractivity (Wildman–Crippen MR) is 52.0 cm³/mol. The van der Waals surface area contributed by atoms with Gasteiger partial charge in [0.15, 0.2) is 9.76 Å². The van der Waals surface area contributed by atoms with Crippen molar-refractivity contribution in [2.75, 3.05) is 0 Å². The molecule has 60 valence electrons. The lowest BCUT2D eigenvalue weighted by Gasteiger charge is -2.05. The number of phenols is 1. The molecule has 0 aliphatic rings. The molecule has 1 N–H and O–H groups in total.